The summed E-state index contributed by atoms with van der Waals surface area (Å²) in [6, 6.07) is 9.08. The molecular weight excluding hydrogens is 304 g/mol. The first-order chi connectivity index (χ1) is 11.1. The summed E-state index contributed by atoms with van der Waals surface area (Å²) in [4.78, 5) is 14.2. The van der Waals surface area contributed by atoms with Gasteiger partial charge in [0.05, 0.1) is 0 Å². The fraction of sp³-hybridized carbons (Fsp3) is 0.526. The number of fused-ring (bicyclic) bond motifs is 1. The Morgan fingerprint density at radius 2 is 2.17 bits per heavy atom. The molecule has 0 saturated carbocycles. The zero-order chi connectivity index (χ0) is 16.4. The first-order valence-corrected chi connectivity index (χ1v) is 9.41. The van der Waals surface area contributed by atoms with Crippen LogP contribution in [0, 0.1) is 11.8 Å². The molecule has 2 atom stereocenters. The summed E-state index contributed by atoms with van der Waals surface area (Å²) in [5.74, 6) is 0.888. The Bertz CT molecular complexity index is 679. The van der Waals surface area contributed by atoms with Crippen molar-refractivity contribution in [3.8, 4) is 0 Å². The normalized spacial score (nSPS) is 22.0. The van der Waals surface area contributed by atoms with Crippen LogP contribution in [0.5, 0.6) is 0 Å². The molecule has 3 rings (SSSR count). The predicted molar refractivity (Wildman–Crippen MR) is 97.7 cm³/mol. The van der Waals surface area contributed by atoms with E-state index in [9.17, 15) is 4.79 Å². The molecule has 2 heterocycles. The smallest absolute Gasteiger partial charge is 0.225 e. The quantitative estimate of drug-likeness (QED) is 0.922. The monoisotopic (exact) mass is 330 g/mol. The Labute approximate surface area is 142 Å². The maximum absolute atomic E-state index is 12.1. The van der Waals surface area contributed by atoms with Gasteiger partial charge in [0.1, 0.15) is 0 Å². The van der Waals surface area contributed by atoms with Crippen LogP contribution in [0.3, 0.4) is 0 Å². The van der Waals surface area contributed by atoms with Crippen molar-refractivity contribution in [2.45, 2.75) is 39.8 Å². The summed E-state index contributed by atoms with van der Waals surface area (Å²) >= 11 is 1.82. The number of hydrogen-bond donors (Lipinski definition) is 1. The van der Waals surface area contributed by atoms with Crippen molar-refractivity contribution in [1.82, 2.24) is 10.2 Å². The molecule has 0 spiro atoms. The van der Waals surface area contributed by atoms with Crippen LogP contribution in [0.25, 0.3) is 10.1 Å². The molecule has 1 amide bonds. The van der Waals surface area contributed by atoms with Crippen LogP contribution in [0.2, 0.25) is 0 Å². The van der Waals surface area contributed by atoms with Gasteiger partial charge < -0.3 is 10.2 Å². The third-order valence-electron chi connectivity index (χ3n) is 4.83. The maximum Gasteiger partial charge on any atom is 0.225 e. The number of nitrogens with one attached hydrogen (secondary N) is 1. The highest BCUT2D eigenvalue weighted by molar-refractivity contribution is 7.17. The molecule has 0 aliphatic carbocycles. The maximum atomic E-state index is 12.1. The molecule has 1 aromatic heterocycles. The number of nitrogens with zero attached hydrogens (tertiary/aromatic N) is 1. The fourth-order valence-electron chi connectivity index (χ4n) is 3.42. The van der Waals surface area contributed by atoms with Gasteiger partial charge in [-0.25, -0.2) is 0 Å². The minimum absolute atomic E-state index is 0.101. The van der Waals surface area contributed by atoms with Crippen molar-refractivity contribution in [2.75, 3.05) is 13.1 Å². The van der Waals surface area contributed by atoms with Gasteiger partial charge in [0.15, 0.2) is 0 Å². The molecule has 124 valence electrons. The SMILES string of the molecule is CC(C)C(=O)N1CCC(NCc2csc3ccccc23)C(C)C1. The molecule has 1 saturated heterocycles. The number of carbonyl (C=O) groups is 1. The van der Waals surface area contributed by atoms with Gasteiger partial charge in [0, 0.05) is 36.3 Å². The fourth-order valence-corrected chi connectivity index (χ4v) is 4.39. The summed E-state index contributed by atoms with van der Waals surface area (Å²) in [5.41, 5.74) is 1.39. The molecule has 2 aromatic rings. The highest BCUT2D eigenvalue weighted by Crippen LogP contribution is 2.26. The summed E-state index contributed by atoms with van der Waals surface area (Å²) in [7, 11) is 0. The minimum atomic E-state index is 0.101. The summed E-state index contributed by atoms with van der Waals surface area (Å²) in [6.45, 7) is 8.89. The summed E-state index contributed by atoms with van der Waals surface area (Å²) in [5, 5.41) is 7.35. The van der Waals surface area contributed by atoms with Gasteiger partial charge in [0.2, 0.25) is 5.91 Å². The van der Waals surface area contributed by atoms with Crippen LogP contribution < -0.4 is 5.32 Å². The predicted octanol–water partition coefficient (Wildman–Crippen LogP) is 3.88. The first-order valence-electron chi connectivity index (χ1n) is 8.53. The van der Waals surface area contributed by atoms with E-state index in [0.29, 0.717) is 17.9 Å². The highest BCUT2D eigenvalue weighted by atomic mass is 32.1. The highest BCUT2D eigenvalue weighted by Gasteiger charge is 2.29. The lowest BCUT2D eigenvalue weighted by Crippen LogP contribution is -2.50. The second-order valence-electron chi connectivity index (χ2n) is 6.95. The number of thiophene rings is 1. The number of carbonyl (C=O) groups excluding carboxylic acids is 1. The second-order valence-corrected chi connectivity index (χ2v) is 7.86. The van der Waals surface area contributed by atoms with E-state index in [-0.39, 0.29) is 5.92 Å². The summed E-state index contributed by atoms with van der Waals surface area (Å²) in [6.07, 6.45) is 1.04. The molecule has 1 fully saturated rings. The minimum Gasteiger partial charge on any atom is -0.342 e. The average molecular weight is 330 g/mol. The molecule has 1 aliphatic rings. The van der Waals surface area contributed by atoms with Gasteiger partial charge >= 0.3 is 0 Å². The van der Waals surface area contributed by atoms with E-state index < -0.39 is 0 Å². The van der Waals surface area contributed by atoms with Crippen LogP contribution in [-0.2, 0) is 11.3 Å². The zero-order valence-corrected chi connectivity index (χ0v) is 15.0. The number of piperidine rings is 1. The van der Waals surface area contributed by atoms with Gasteiger partial charge in [-0.15, -0.1) is 11.3 Å². The van der Waals surface area contributed by atoms with Crippen LogP contribution >= 0.6 is 11.3 Å². The number of rotatable bonds is 4. The Morgan fingerprint density at radius 1 is 1.39 bits per heavy atom. The largest absolute Gasteiger partial charge is 0.342 e. The molecule has 0 radical (unpaired) electrons. The van der Waals surface area contributed by atoms with Crippen molar-refractivity contribution in [3.05, 3.63) is 35.2 Å². The van der Waals surface area contributed by atoms with E-state index in [4.69, 9.17) is 0 Å². The van der Waals surface area contributed by atoms with E-state index in [1.54, 1.807) is 0 Å². The third kappa shape index (κ3) is 3.59. The van der Waals surface area contributed by atoms with Crippen LogP contribution in [0.1, 0.15) is 32.8 Å². The topological polar surface area (TPSA) is 32.3 Å². The Hall–Kier alpha value is -1.39. The van der Waals surface area contributed by atoms with Crippen molar-refractivity contribution in [2.24, 2.45) is 11.8 Å². The Balaban J connectivity index is 1.58. The van der Waals surface area contributed by atoms with Gasteiger partial charge in [-0.2, -0.15) is 0 Å². The van der Waals surface area contributed by atoms with Crippen LogP contribution in [-0.4, -0.2) is 29.9 Å². The second kappa shape index (κ2) is 7.02. The molecule has 0 bridgehead atoms. The molecule has 4 heteroatoms. The molecule has 23 heavy (non-hydrogen) atoms. The lowest BCUT2D eigenvalue weighted by molar-refractivity contribution is -0.136. The molecule has 1 aliphatic heterocycles. The number of likely N-dealkylation sites (tertiary alicyclic amines) is 1. The average Bonchev–Trinajstić information content (AvgIpc) is 2.96. The Morgan fingerprint density at radius 3 is 2.91 bits per heavy atom. The van der Waals surface area contributed by atoms with E-state index >= 15 is 0 Å². The van der Waals surface area contributed by atoms with Gasteiger partial charge in [-0.3, -0.25) is 4.79 Å². The number of hydrogen-bond acceptors (Lipinski definition) is 3. The lowest BCUT2D eigenvalue weighted by atomic mass is 9.93. The molecule has 1 N–H and O–H groups in total. The van der Waals surface area contributed by atoms with Crippen molar-refractivity contribution < 1.29 is 4.79 Å². The van der Waals surface area contributed by atoms with Gasteiger partial charge in [-0.05, 0) is 34.7 Å². The van der Waals surface area contributed by atoms with E-state index in [1.807, 2.05) is 30.1 Å². The number of benzene rings is 1. The van der Waals surface area contributed by atoms with Gasteiger partial charge in [-0.1, -0.05) is 39.0 Å². The first kappa shape index (κ1) is 16.5. The van der Waals surface area contributed by atoms with Crippen molar-refractivity contribution in [3.63, 3.8) is 0 Å². The Kier molecular flexibility index (Phi) is 5.02. The number of amides is 1. The standard InChI is InChI=1S/C19H26N2OS/c1-13(2)19(22)21-9-8-17(14(3)11-21)20-10-15-12-23-18-7-5-4-6-16(15)18/h4-7,12-14,17,20H,8-11H2,1-3H3. The molecule has 3 nitrogen and oxygen atoms in total. The van der Waals surface area contributed by atoms with Crippen LogP contribution in [0.4, 0.5) is 0 Å². The molecule has 1 aromatic carbocycles. The molecular formula is C19H26N2OS. The van der Waals surface area contributed by atoms with Crippen molar-refractivity contribution >= 4 is 27.3 Å². The molecule has 2 unspecified atom stereocenters. The lowest BCUT2D eigenvalue weighted by Gasteiger charge is -2.38. The van der Waals surface area contributed by atoms with Crippen LogP contribution in [0.15, 0.2) is 29.6 Å². The third-order valence-corrected chi connectivity index (χ3v) is 5.84. The van der Waals surface area contributed by atoms with E-state index in [1.165, 1.54) is 15.6 Å². The van der Waals surface area contributed by atoms with E-state index in [2.05, 4.69) is 41.9 Å². The summed E-state index contributed by atoms with van der Waals surface area (Å²) < 4.78 is 1.36. The van der Waals surface area contributed by atoms with E-state index in [0.717, 1.165) is 26.1 Å². The van der Waals surface area contributed by atoms with Gasteiger partial charge in [0.25, 0.3) is 0 Å². The zero-order valence-electron chi connectivity index (χ0n) is 14.2. The van der Waals surface area contributed by atoms with Crippen molar-refractivity contribution in [1.29, 1.82) is 0 Å².